The molecule has 7 heteroatoms. The van der Waals surface area contributed by atoms with Gasteiger partial charge in [-0.1, -0.05) is 11.6 Å². The molecule has 0 aliphatic carbocycles. The van der Waals surface area contributed by atoms with Crippen LogP contribution in [-0.2, 0) is 13.6 Å². The maximum atomic E-state index is 6.38. The predicted molar refractivity (Wildman–Crippen MR) is 86.0 cm³/mol. The van der Waals surface area contributed by atoms with E-state index in [2.05, 4.69) is 24.8 Å². The van der Waals surface area contributed by atoms with E-state index in [9.17, 15) is 0 Å². The fourth-order valence-corrected chi connectivity index (χ4v) is 3.54. The molecule has 0 N–H and O–H groups in total. The van der Waals surface area contributed by atoms with E-state index in [1.165, 1.54) is 0 Å². The van der Waals surface area contributed by atoms with E-state index in [1.54, 1.807) is 0 Å². The van der Waals surface area contributed by atoms with Crippen LogP contribution in [0.15, 0.2) is 0 Å². The molecule has 2 aromatic heterocycles. The third-order valence-corrected chi connectivity index (χ3v) is 4.86. The molecule has 0 saturated carbocycles. The second kappa shape index (κ2) is 6.01. The first-order chi connectivity index (χ1) is 10.5. The number of likely N-dealkylation sites (tertiary alicyclic amines) is 1. The van der Waals surface area contributed by atoms with Crippen LogP contribution in [0.25, 0.3) is 0 Å². The first kappa shape index (κ1) is 15.5. The van der Waals surface area contributed by atoms with Crippen molar-refractivity contribution < 1.29 is 0 Å². The molecular formula is C15H23ClN6. The molecule has 1 atom stereocenters. The van der Waals surface area contributed by atoms with Gasteiger partial charge in [0.1, 0.15) is 11.6 Å². The lowest BCUT2D eigenvalue weighted by Gasteiger charge is -2.33. The summed E-state index contributed by atoms with van der Waals surface area (Å²) in [7, 11) is 1.96. The number of halogens is 1. The van der Waals surface area contributed by atoms with Crippen LogP contribution in [0.2, 0.25) is 5.02 Å². The number of piperidine rings is 1. The molecule has 0 aromatic carbocycles. The van der Waals surface area contributed by atoms with Gasteiger partial charge in [-0.2, -0.15) is 10.2 Å². The second-order valence-electron chi connectivity index (χ2n) is 6.15. The van der Waals surface area contributed by atoms with Crippen LogP contribution in [0.1, 0.15) is 41.9 Å². The summed E-state index contributed by atoms with van der Waals surface area (Å²) >= 11 is 6.38. The summed E-state index contributed by atoms with van der Waals surface area (Å²) in [6, 6.07) is 0.392. The van der Waals surface area contributed by atoms with Crippen molar-refractivity contribution in [3.05, 3.63) is 28.1 Å². The molecule has 1 aliphatic rings. The number of aromatic nitrogens is 5. The van der Waals surface area contributed by atoms with Crippen LogP contribution in [0.4, 0.5) is 0 Å². The highest BCUT2D eigenvalue weighted by atomic mass is 35.5. The molecule has 0 radical (unpaired) electrons. The molecule has 22 heavy (non-hydrogen) atoms. The van der Waals surface area contributed by atoms with E-state index in [0.29, 0.717) is 6.04 Å². The van der Waals surface area contributed by atoms with Gasteiger partial charge in [0.2, 0.25) is 0 Å². The van der Waals surface area contributed by atoms with Crippen molar-refractivity contribution in [2.45, 2.75) is 46.2 Å². The highest BCUT2D eigenvalue weighted by Crippen LogP contribution is 2.26. The summed E-state index contributed by atoms with van der Waals surface area (Å²) in [6.07, 6.45) is 2.32. The van der Waals surface area contributed by atoms with E-state index >= 15 is 0 Å². The zero-order valence-corrected chi connectivity index (χ0v) is 14.4. The molecule has 0 amide bonds. The Kier molecular flexibility index (Phi) is 4.23. The van der Waals surface area contributed by atoms with Crippen LogP contribution in [0, 0.1) is 20.8 Å². The zero-order valence-electron chi connectivity index (χ0n) is 13.7. The maximum absolute atomic E-state index is 6.38. The van der Waals surface area contributed by atoms with E-state index in [0.717, 1.165) is 60.5 Å². The number of nitrogens with zero attached hydrogens (tertiary/aromatic N) is 6. The monoisotopic (exact) mass is 322 g/mol. The van der Waals surface area contributed by atoms with Crippen LogP contribution in [0.5, 0.6) is 0 Å². The van der Waals surface area contributed by atoms with Crippen LogP contribution in [-0.4, -0.2) is 42.5 Å². The van der Waals surface area contributed by atoms with Gasteiger partial charge in [0.05, 0.1) is 22.5 Å². The molecule has 1 unspecified atom stereocenters. The quantitative estimate of drug-likeness (QED) is 0.871. The van der Waals surface area contributed by atoms with Crippen molar-refractivity contribution in [3.63, 3.8) is 0 Å². The number of hydrogen-bond donors (Lipinski definition) is 0. The van der Waals surface area contributed by atoms with Gasteiger partial charge in [0, 0.05) is 20.1 Å². The molecule has 6 nitrogen and oxygen atoms in total. The lowest BCUT2D eigenvalue weighted by molar-refractivity contribution is 0.158. The predicted octanol–water partition coefficient (Wildman–Crippen LogP) is 2.43. The average Bonchev–Trinajstić information content (AvgIpc) is 2.93. The highest BCUT2D eigenvalue weighted by molar-refractivity contribution is 6.31. The molecule has 0 bridgehead atoms. The smallest absolute Gasteiger partial charge is 0.147 e. The third kappa shape index (κ3) is 2.90. The Hall–Kier alpha value is -1.40. The van der Waals surface area contributed by atoms with E-state index in [4.69, 9.17) is 11.6 Å². The second-order valence-corrected chi connectivity index (χ2v) is 6.53. The molecule has 0 spiro atoms. The lowest BCUT2D eigenvalue weighted by atomic mass is 10.1. The SMILES string of the molecule is Cc1nc(C)n(C2CCCN(Cc3c(Cl)c(C)nn3C)C2)n1. The highest BCUT2D eigenvalue weighted by Gasteiger charge is 2.25. The van der Waals surface area contributed by atoms with Gasteiger partial charge >= 0.3 is 0 Å². The Morgan fingerprint density at radius 1 is 1.23 bits per heavy atom. The summed E-state index contributed by atoms with van der Waals surface area (Å²) in [4.78, 5) is 6.86. The topological polar surface area (TPSA) is 51.8 Å². The first-order valence-corrected chi connectivity index (χ1v) is 8.13. The Bertz CT molecular complexity index is 674. The molecule has 3 rings (SSSR count). The van der Waals surface area contributed by atoms with Crippen molar-refractivity contribution in [3.8, 4) is 0 Å². The minimum Gasteiger partial charge on any atom is -0.295 e. The minimum absolute atomic E-state index is 0.392. The molecule has 1 fully saturated rings. The summed E-state index contributed by atoms with van der Waals surface area (Å²) in [5.41, 5.74) is 1.99. The summed E-state index contributed by atoms with van der Waals surface area (Å²) < 4.78 is 3.98. The van der Waals surface area contributed by atoms with Crippen molar-refractivity contribution in [2.75, 3.05) is 13.1 Å². The molecule has 1 saturated heterocycles. The van der Waals surface area contributed by atoms with Gasteiger partial charge in [-0.25, -0.2) is 9.67 Å². The molecule has 1 aliphatic heterocycles. The summed E-state index contributed by atoms with van der Waals surface area (Å²) in [5, 5.41) is 9.74. The average molecular weight is 323 g/mol. The van der Waals surface area contributed by atoms with Crippen LogP contribution >= 0.6 is 11.6 Å². The Morgan fingerprint density at radius 3 is 2.59 bits per heavy atom. The van der Waals surface area contributed by atoms with Crippen LogP contribution in [0.3, 0.4) is 0 Å². The maximum Gasteiger partial charge on any atom is 0.147 e. The van der Waals surface area contributed by atoms with Gasteiger partial charge in [-0.05, 0) is 40.2 Å². The Labute approximate surface area is 136 Å². The zero-order chi connectivity index (χ0) is 15.9. The number of hydrogen-bond acceptors (Lipinski definition) is 4. The number of rotatable bonds is 3. The Morgan fingerprint density at radius 2 is 2.00 bits per heavy atom. The summed E-state index contributed by atoms with van der Waals surface area (Å²) in [5.74, 6) is 1.85. The van der Waals surface area contributed by atoms with Gasteiger partial charge in [0.15, 0.2) is 0 Å². The van der Waals surface area contributed by atoms with Crippen molar-refractivity contribution >= 4 is 11.6 Å². The lowest BCUT2D eigenvalue weighted by Crippen LogP contribution is -2.37. The van der Waals surface area contributed by atoms with Crippen molar-refractivity contribution in [2.24, 2.45) is 7.05 Å². The number of aryl methyl sites for hydroxylation is 4. The van der Waals surface area contributed by atoms with Crippen molar-refractivity contribution in [1.29, 1.82) is 0 Å². The fraction of sp³-hybridized carbons (Fsp3) is 0.667. The van der Waals surface area contributed by atoms with Crippen LogP contribution < -0.4 is 0 Å². The molecule has 2 aromatic rings. The fourth-order valence-electron chi connectivity index (χ4n) is 3.32. The first-order valence-electron chi connectivity index (χ1n) is 7.75. The molecule has 3 heterocycles. The molecular weight excluding hydrogens is 300 g/mol. The minimum atomic E-state index is 0.392. The standard InChI is InChI=1S/C15H23ClN6/c1-10-15(16)14(20(4)18-10)9-21-7-5-6-13(8-21)22-12(3)17-11(2)19-22/h13H,5-9H2,1-4H3. The normalized spacial score (nSPS) is 19.8. The van der Waals surface area contributed by atoms with Crippen molar-refractivity contribution in [1.82, 2.24) is 29.4 Å². The van der Waals surface area contributed by atoms with Gasteiger partial charge < -0.3 is 0 Å². The largest absolute Gasteiger partial charge is 0.295 e. The summed E-state index contributed by atoms with van der Waals surface area (Å²) in [6.45, 7) is 8.82. The van der Waals surface area contributed by atoms with Gasteiger partial charge in [0.25, 0.3) is 0 Å². The van der Waals surface area contributed by atoms with E-state index < -0.39 is 0 Å². The van der Waals surface area contributed by atoms with E-state index in [-0.39, 0.29) is 0 Å². The molecule has 120 valence electrons. The Balaban J connectivity index is 1.75. The van der Waals surface area contributed by atoms with Gasteiger partial charge in [-0.3, -0.25) is 9.58 Å². The van der Waals surface area contributed by atoms with E-state index in [1.807, 2.05) is 32.5 Å². The van der Waals surface area contributed by atoms with Gasteiger partial charge in [-0.15, -0.1) is 0 Å². The third-order valence-electron chi connectivity index (χ3n) is 4.37.